The van der Waals surface area contributed by atoms with Crippen molar-refractivity contribution in [2.45, 2.75) is 19.2 Å². The van der Waals surface area contributed by atoms with Crippen molar-refractivity contribution in [3.05, 3.63) is 28.8 Å². The van der Waals surface area contributed by atoms with Crippen LogP contribution in [0.25, 0.3) is 0 Å². The Morgan fingerprint density at radius 2 is 1.77 bits per heavy atom. The second kappa shape index (κ2) is 10.2. The minimum atomic E-state index is -4.59. The topological polar surface area (TPSA) is 65.1 Å². The summed E-state index contributed by atoms with van der Waals surface area (Å²) in [7, 11) is 0. The highest BCUT2D eigenvalue weighted by Gasteiger charge is 2.33. The molecule has 0 bridgehead atoms. The van der Waals surface area contributed by atoms with Crippen molar-refractivity contribution >= 4 is 29.1 Å². The first kappa shape index (κ1) is 23.8. The molecule has 172 valence electrons. The van der Waals surface area contributed by atoms with Gasteiger partial charge in [-0.1, -0.05) is 11.6 Å². The van der Waals surface area contributed by atoms with Crippen molar-refractivity contribution in [2.24, 2.45) is 0 Å². The van der Waals surface area contributed by atoms with Crippen LogP contribution in [0, 0.1) is 0 Å². The quantitative estimate of drug-likeness (QED) is 0.726. The lowest BCUT2D eigenvalue weighted by atomic mass is 10.2. The Hall–Kier alpha value is -1.88. The molecular formula is C20H26ClF3N4O3. The summed E-state index contributed by atoms with van der Waals surface area (Å²) in [5.41, 5.74) is -0.939. The molecule has 1 unspecified atom stereocenters. The van der Waals surface area contributed by atoms with Crippen LogP contribution in [-0.2, 0) is 20.5 Å². The third kappa shape index (κ3) is 6.80. The standard InChI is InChI=1S/C20H26ClF3N4O3/c1-14-11-28(8-9-31-14)19(30)13-27-6-4-26(5-7-27)12-18(29)25-15-2-3-17(21)16(10-15)20(22,23)24/h2-3,10,14H,4-9,11-13H2,1H3,(H,25,29). The number of carbonyl (C=O) groups is 2. The number of hydrogen-bond acceptors (Lipinski definition) is 5. The van der Waals surface area contributed by atoms with Crippen LogP contribution in [0.5, 0.6) is 0 Å². The van der Waals surface area contributed by atoms with Crippen LogP contribution in [0.1, 0.15) is 12.5 Å². The maximum atomic E-state index is 13.0. The number of benzene rings is 1. The molecule has 0 aromatic heterocycles. The molecule has 31 heavy (non-hydrogen) atoms. The number of rotatable bonds is 5. The van der Waals surface area contributed by atoms with E-state index < -0.39 is 22.7 Å². The summed E-state index contributed by atoms with van der Waals surface area (Å²) in [6.45, 7) is 6.54. The summed E-state index contributed by atoms with van der Waals surface area (Å²) in [6.07, 6.45) is -4.55. The molecule has 0 aliphatic carbocycles. The second-order valence-electron chi connectivity index (χ2n) is 7.81. The zero-order chi connectivity index (χ0) is 22.6. The molecule has 2 aliphatic rings. The van der Waals surface area contributed by atoms with Crippen LogP contribution >= 0.6 is 11.6 Å². The average Bonchev–Trinajstić information content (AvgIpc) is 2.70. The zero-order valence-corrected chi connectivity index (χ0v) is 18.0. The van der Waals surface area contributed by atoms with Gasteiger partial charge in [-0.05, 0) is 25.1 Å². The number of morpholine rings is 1. The van der Waals surface area contributed by atoms with Gasteiger partial charge in [-0.15, -0.1) is 0 Å². The van der Waals surface area contributed by atoms with E-state index in [-0.39, 0.29) is 24.2 Å². The number of piperazine rings is 1. The predicted molar refractivity (Wildman–Crippen MR) is 110 cm³/mol. The third-order valence-corrected chi connectivity index (χ3v) is 5.67. The number of nitrogens with zero attached hydrogens (tertiary/aromatic N) is 3. The number of amides is 2. The first-order valence-corrected chi connectivity index (χ1v) is 10.5. The van der Waals surface area contributed by atoms with Crippen molar-refractivity contribution in [2.75, 3.05) is 64.3 Å². The molecule has 2 fully saturated rings. The van der Waals surface area contributed by atoms with Gasteiger partial charge in [0, 0.05) is 45.0 Å². The molecule has 11 heteroatoms. The number of hydrogen-bond donors (Lipinski definition) is 1. The highest BCUT2D eigenvalue weighted by molar-refractivity contribution is 6.31. The number of carbonyl (C=O) groups excluding carboxylic acids is 2. The van der Waals surface area contributed by atoms with E-state index in [1.807, 2.05) is 21.6 Å². The first-order valence-electron chi connectivity index (χ1n) is 10.1. The van der Waals surface area contributed by atoms with Gasteiger partial charge in [0.1, 0.15) is 0 Å². The Balaban J connectivity index is 1.43. The molecule has 3 rings (SSSR count). The lowest BCUT2D eigenvalue weighted by Gasteiger charge is -2.36. The van der Waals surface area contributed by atoms with E-state index >= 15 is 0 Å². The lowest BCUT2D eigenvalue weighted by molar-refractivity contribution is -0.140. The van der Waals surface area contributed by atoms with E-state index in [4.69, 9.17) is 16.3 Å². The van der Waals surface area contributed by atoms with E-state index in [0.717, 1.165) is 12.1 Å². The van der Waals surface area contributed by atoms with Crippen LogP contribution in [0.3, 0.4) is 0 Å². The van der Waals surface area contributed by atoms with Crippen molar-refractivity contribution < 1.29 is 27.5 Å². The van der Waals surface area contributed by atoms with Gasteiger partial charge in [-0.3, -0.25) is 19.4 Å². The van der Waals surface area contributed by atoms with Gasteiger partial charge < -0.3 is 15.0 Å². The molecular weight excluding hydrogens is 437 g/mol. The van der Waals surface area contributed by atoms with E-state index in [2.05, 4.69) is 5.32 Å². The molecule has 7 nitrogen and oxygen atoms in total. The average molecular weight is 463 g/mol. The minimum absolute atomic E-state index is 0.0425. The highest BCUT2D eigenvalue weighted by atomic mass is 35.5. The molecule has 1 N–H and O–H groups in total. The predicted octanol–water partition coefficient (Wildman–Crippen LogP) is 2.16. The monoisotopic (exact) mass is 462 g/mol. The molecule has 2 saturated heterocycles. The summed E-state index contributed by atoms with van der Waals surface area (Å²) >= 11 is 5.60. The van der Waals surface area contributed by atoms with Crippen molar-refractivity contribution in [1.82, 2.24) is 14.7 Å². The fraction of sp³-hybridized carbons (Fsp3) is 0.600. The molecule has 0 spiro atoms. The largest absolute Gasteiger partial charge is 0.417 e. The zero-order valence-electron chi connectivity index (χ0n) is 17.3. The molecule has 1 aromatic carbocycles. The number of alkyl halides is 3. The maximum Gasteiger partial charge on any atom is 0.417 e. The van der Waals surface area contributed by atoms with Gasteiger partial charge in [0.25, 0.3) is 0 Å². The van der Waals surface area contributed by atoms with Gasteiger partial charge >= 0.3 is 6.18 Å². The van der Waals surface area contributed by atoms with E-state index in [0.29, 0.717) is 52.4 Å². The van der Waals surface area contributed by atoms with Crippen molar-refractivity contribution in [1.29, 1.82) is 0 Å². The van der Waals surface area contributed by atoms with Crippen molar-refractivity contribution in [3.8, 4) is 0 Å². The van der Waals surface area contributed by atoms with Gasteiger partial charge in [-0.2, -0.15) is 13.2 Å². The van der Waals surface area contributed by atoms with E-state index in [9.17, 15) is 22.8 Å². The molecule has 0 radical (unpaired) electrons. The smallest absolute Gasteiger partial charge is 0.375 e. The summed E-state index contributed by atoms with van der Waals surface area (Å²) in [6, 6.07) is 3.28. The highest BCUT2D eigenvalue weighted by Crippen LogP contribution is 2.36. The lowest BCUT2D eigenvalue weighted by Crippen LogP contribution is -2.53. The molecule has 1 aromatic rings. The Morgan fingerprint density at radius 3 is 2.39 bits per heavy atom. The Labute approximate surface area is 184 Å². The van der Waals surface area contributed by atoms with E-state index in [1.54, 1.807) is 0 Å². The minimum Gasteiger partial charge on any atom is -0.375 e. The van der Waals surface area contributed by atoms with Crippen LogP contribution in [0.4, 0.5) is 18.9 Å². The summed E-state index contributed by atoms with van der Waals surface area (Å²) in [4.78, 5) is 30.5. The Bertz CT molecular complexity index is 800. The van der Waals surface area contributed by atoms with Crippen LogP contribution in [0.15, 0.2) is 18.2 Å². The van der Waals surface area contributed by atoms with Gasteiger partial charge in [0.05, 0.1) is 36.4 Å². The van der Waals surface area contributed by atoms with Crippen LogP contribution < -0.4 is 5.32 Å². The van der Waals surface area contributed by atoms with Gasteiger partial charge in [-0.25, -0.2) is 0 Å². The first-order chi connectivity index (χ1) is 14.6. The molecule has 0 saturated carbocycles. The SMILES string of the molecule is CC1CN(C(=O)CN2CCN(CC(=O)Nc3ccc(Cl)c(C(F)(F)F)c3)CC2)CCO1. The molecule has 2 aliphatic heterocycles. The molecule has 2 heterocycles. The molecule has 1 atom stereocenters. The Kier molecular flexibility index (Phi) is 7.79. The van der Waals surface area contributed by atoms with Crippen LogP contribution in [0.2, 0.25) is 5.02 Å². The summed E-state index contributed by atoms with van der Waals surface area (Å²) in [5.74, 6) is -0.327. The fourth-order valence-electron chi connectivity index (χ4n) is 3.67. The molecule has 2 amide bonds. The van der Waals surface area contributed by atoms with Crippen LogP contribution in [-0.4, -0.2) is 91.6 Å². The normalized spacial score (nSPS) is 21.2. The third-order valence-electron chi connectivity index (χ3n) is 5.34. The summed E-state index contributed by atoms with van der Waals surface area (Å²) in [5, 5.41) is 2.08. The fourth-order valence-corrected chi connectivity index (χ4v) is 3.89. The van der Waals surface area contributed by atoms with Gasteiger partial charge in [0.2, 0.25) is 11.8 Å². The van der Waals surface area contributed by atoms with E-state index in [1.165, 1.54) is 6.07 Å². The number of anilines is 1. The maximum absolute atomic E-state index is 13.0. The number of ether oxygens (including phenoxy) is 1. The Morgan fingerprint density at radius 1 is 1.13 bits per heavy atom. The van der Waals surface area contributed by atoms with Crippen molar-refractivity contribution in [3.63, 3.8) is 0 Å². The van der Waals surface area contributed by atoms with Gasteiger partial charge in [0.15, 0.2) is 0 Å². The number of halogens is 4. The second-order valence-corrected chi connectivity index (χ2v) is 8.22. The number of nitrogens with one attached hydrogen (secondary N) is 1. The summed E-state index contributed by atoms with van der Waals surface area (Å²) < 4.78 is 44.3.